The maximum Gasteiger partial charge on any atom is 0.323 e. The number of ether oxygens (including phenoxy) is 5. The molecule has 1 aromatic heterocycles. The van der Waals surface area contributed by atoms with Crippen molar-refractivity contribution in [2.45, 2.75) is 118 Å². The van der Waals surface area contributed by atoms with Crippen LogP contribution in [0.4, 0.5) is 0 Å². The second-order valence-corrected chi connectivity index (χ2v) is 17.4. The standard InChI is InChI=1S/C40H64N4O10/c1-37(2,3)51-32(45)24-42(25-33(46)52-38(4,5)6)18-20-44(31(36(49)50-13)22-28-23-41-30-17-15-14-16-29(28)30)21-19-43(26-34(47)53-39(7,8)9)27-35(48)54-40(10,11)12/h14-17,23,31,41H,18-22,24-27H2,1-13H3/t31-/m1/s1. The molecule has 0 fully saturated rings. The van der Waals surface area contributed by atoms with Crippen LogP contribution in [0.25, 0.3) is 10.9 Å². The van der Waals surface area contributed by atoms with Gasteiger partial charge in [-0.3, -0.25) is 38.7 Å². The summed E-state index contributed by atoms with van der Waals surface area (Å²) < 4.78 is 27.6. The van der Waals surface area contributed by atoms with Gasteiger partial charge in [-0.2, -0.15) is 0 Å². The van der Waals surface area contributed by atoms with Crippen LogP contribution in [-0.2, 0) is 54.1 Å². The highest BCUT2D eigenvalue weighted by Crippen LogP contribution is 2.22. The number of H-pyrrole nitrogens is 1. The quantitative estimate of drug-likeness (QED) is 0.167. The first kappa shape index (κ1) is 46.1. The van der Waals surface area contributed by atoms with Gasteiger partial charge in [0.05, 0.1) is 33.3 Å². The Labute approximate surface area is 321 Å². The van der Waals surface area contributed by atoms with E-state index in [1.54, 1.807) is 92.9 Å². The van der Waals surface area contributed by atoms with E-state index in [1.807, 2.05) is 35.4 Å². The van der Waals surface area contributed by atoms with Crippen molar-refractivity contribution in [3.63, 3.8) is 0 Å². The van der Waals surface area contributed by atoms with Crippen LogP contribution in [-0.4, -0.2) is 137 Å². The minimum atomic E-state index is -0.830. The summed E-state index contributed by atoms with van der Waals surface area (Å²) in [5.74, 6) is -2.61. The first-order chi connectivity index (χ1) is 24.7. The van der Waals surface area contributed by atoms with Gasteiger partial charge in [-0.15, -0.1) is 0 Å². The number of rotatable bonds is 18. The minimum Gasteiger partial charge on any atom is -0.468 e. The van der Waals surface area contributed by atoms with Crippen molar-refractivity contribution in [3.8, 4) is 0 Å². The summed E-state index contributed by atoms with van der Waals surface area (Å²) in [6.07, 6.45) is 2.11. The molecule has 0 aliphatic rings. The average Bonchev–Trinajstić information content (AvgIpc) is 3.38. The van der Waals surface area contributed by atoms with Crippen molar-refractivity contribution < 1.29 is 47.7 Å². The summed E-state index contributed by atoms with van der Waals surface area (Å²) >= 11 is 0. The fourth-order valence-electron chi connectivity index (χ4n) is 5.62. The van der Waals surface area contributed by atoms with Crippen LogP contribution in [0.3, 0.4) is 0 Å². The van der Waals surface area contributed by atoms with E-state index in [2.05, 4.69) is 4.98 Å². The number of fused-ring (bicyclic) bond motifs is 1. The molecule has 1 N–H and O–H groups in total. The molecule has 1 heterocycles. The summed E-state index contributed by atoms with van der Waals surface area (Å²) in [6.45, 7) is 21.0. The van der Waals surface area contributed by atoms with E-state index >= 15 is 0 Å². The van der Waals surface area contributed by atoms with E-state index < -0.39 is 58.3 Å². The molecule has 0 bridgehead atoms. The number of nitrogens with zero attached hydrogens (tertiary/aromatic N) is 3. The molecule has 0 aliphatic heterocycles. The normalized spacial score (nSPS) is 13.3. The van der Waals surface area contributed by atoms with Crippen LogP contribution in [0.1, 0.15) is 88.6 Å². The lowest BCUT2D eigenvalue weighted by atomic mass is 10.0. The molecule has 2 aromatic rings. The fraction of sp³-hybridized carbons (Fsp3) is 0.675. The van der Waals surface area contributed by atoms with Gasteiger partial charge in [-0.25, -0.2) is 0 Å². The summed E-state index contributed by atoms with van der Waals surface area (Å²) in [4.78, 5) is 74.1. The molecule has 0 unspecified atom stereocenters. The zero-order chi connectivity index (χ0) is 41.1. The monoisotopic (exact) mass is 760 g/mol. The zero-order valence-electron chi connectivity index (χ0n) is 34.8. The molecular formula is C40H64N4O10. The third-order valence-electron chi connectivity index (χ3n) is 7.50. The second kappa shape index (κ2) is 19.5. The Morgan fingerprint density at radius 3 is 1.31 bits per heavy atom. The van der Waals surface area contributed by atoms with Crippen LogP contribution in [0.5, 0.6) is 0 Å². The van der Waals surface area contributed by atoms with E-state index in [9.17, 15) is 24.0 Å². The molecule has 0 saturated heterocycles. The number of aromatic nitrogens is 1. The van der Waals surface area contributed by atoms with Crippen molar-refractivity contribution in [1.29, 1.82) is 0 Å². The average molecular weight is 761 g/mol. The van der Waals surface area contributed by atoms with E-state index in [0.717, 1.165) is 16.5 Å². The van der Waals surface area contributed by atoms with Crippen LogP contribution in [0.15, 0.2) is 30.5 Å². The number of methoxy groups -OCH3 is 1. The van der Waals surface area contributed by atoms with Crippen molar-refractivity contribution in [2.24, 2.45) is 0 Å². The summed E-state index contributed by atoms with van der Waals surface area (Å²) in [5, 5.41) is 0.944. The largest absolute Gasteiger partial charge is 0.468 e. The SMILES string of the molecule is COC(=O)[C@@H](Cc1c[nH]c2ccccc12)N(CCN(CC(=O)OC(C)(C)C)CC(=O)OC(C)(C)C)CCN(CC(=O)OC(C)(C)C)CC(=O)OC(C)(C)C. The highest BCUT2D eigenvalue weighted by Gasteiger charge is 2.32. The van der Waals surface area contributed by atoms with Gasteiger partial charge in [0, 0.05) is 49.7 Å². The van der Waals surface area contributed by atoms with E-state index in [-0.39, 0.29) is 58.8 Å². The molecule has 54 heavy (non-hydrogen) atoms. The number of aromatic amines is 1. The molecule has 0 amide bonds. The summed E-state index contributed by atoms with van der Waals surface area (Å²) in [5.41, 5.74) is -1.21. The first-order valence-electron chi connectivity index (χ1n) is 18.4. The van der Waals surface area contributed by atoms with E-state index in [0.29, 0.717) is 0 Å². The Balaban J connectivity index is 2.52. The van der Waals surface area contributed by atoms with E-state index in [4.69, 9.17) is 23.7 Å². The number of carbonyl (C=O) groups is 5. The van der Waals surface area contributed by atoms with Crippen LogP contribution < -0.4 is 0 Å². The Morgan fingerprint density at radius 1 is 0.593 bits per heavy atom. The molecule has 14 heteroatoms. The first-order valence-corrected chi connectivity index (χ1v) is 18.4. The van der Waals surface area contributed by atoms with Gasteiger partial charge in [-0.1, -0.05) is 18.2 Å². The van der Waals surface area contributed by atoms with Crippen molar-refractivity contribution in [2.75, 3.05) is 59.5 Å². The molecule has 14 nitrogen and oxygen atoms in total. The molecule has 0 spiro atoms. The van der Waals surface area contributed by atoms with Crippen molar-refractivity contribution in [3.05, 3.63) is 36.0 Å². The number of hydrogen-bond donors (Lipinski definition) is 1. The highest BCUT2D eigenvalue weighted by atomic mass is 16.6. The number of nitrogens with one attached hydrogen (secondary N) is 1. The Morgan fingerprint density at radius 2 is 0.963 bits per heavy atom. The van der Waals surface area contributed by atoms with Gasteiger partial charge in [-0.05, 0) is 94.7 Å². The van der Waals surface area contributed by atoms with Crippen LogP contribution in [0, 0.1) is 0 Å². The van der Waals surface area contributed by atoms with Crippen LogP contribution >= 0.6 is 0 Å². The van der Waals surface area contributed by atoms with Gasteiger partial charge in [0.25, 0.3) is 0 Å². The summed E-state index contributed by atoms with van der Waals surface area (Å²) in [7, 11) is 1.32. The Kier molecular flexibility index (Phi) is 16.7. The maximum atomic E-state index is 13.6. The predicted octanol–water partition coefficient (Wildman–Crippen LogP) is 4.52. The molecule has 0 radical (unpaired) electrons. The van der Waals surface area contributed by atoms with Gasteiger partial charge >= 0.3 is 29.8 Å². The predicted molar refractivity (Wildman–Crippen MR) is 206 cm³/mol. The number of benzene rings is 1. The van der Waals surface area contributed by atoms with E-state index in [1.165, 1.54) is 7.11 Å². The Bertz CT molecular complexity index is 1430. The number of para-hydroxylation sites is 1. The molecule has 0 saturated carbocycles. The van der Waals surface area contributed by atoms with Gasteiger partial charge in [0.1, 0.15) is 28.4 Å². The lowest BCUT2D eigenvalue weighted by Crippen LogP contribution is -2.51. The molecule has 1 aromatic carbocycles. The van der Waals surface area contributed by atoms with Gasteiger partial charge in [0.15, 0.2) is 0 Å². The molecule has 304 valence electrons. The van der Waals surface area contributed by atoms with Gasteiger partial charge < -0.3 is 28.7 Å². The molecular weight excluding hydrogens is 696 g/mol. The number of carbonyl (C=O) groups excluding carboxylic acids is 5. The molecule has 2 rings (SSSR count). The third-order valence-corrected chi connectivity index (χ3v) is 7.50. The Hall–Kier alpha value is -4.01. The minimum absolute atomic E-state index is 0.151. The summed E-state index contributed by atoms with van der Waals surface area (Å²) in [6, 6.07) is 6.91. The van der Waals surface area contributed by atoms with Crippen molar-refractivity contribution in [1.82, 2.24) is 19.7 Å². The molecule has 1 atom stereocenters. The lowest BCUT2D eigenvalue weighted by molar-refractivity contribution is -0.162. The van der Waals surface area contributed by atoms with Crippen LogP contribution in [0.2, 0.25) is 0 Å². The number of esters is 5. The number of hydrogen-bond acceptors (Lipinski definition) is 13. The fourth-order valence-corrected chi connectivity index (χ4v) is 5.62. The molecule has 0 aliphatic carbocycles. The maximum absolute atomic E-state index is 13.6. The smallest absolute Gasteiger partial charge is 0.323 e. The lowest BCUT2D eigenvalue weighted by Gasteiger charge is -2.34. The van der Waals surface area contributed by atoms with Gasteiger partial charge in [0.2, 0.25) is 0 Å². The zero-order valence-corrected chi connectivity index (χ0v) is 34.8. The topological polar surface area (TPSA) is 157 Å². The van der Waals surface area contributed by atoms with Crippen molar-refractivity contribution >= 4 is 40.7 Å². The second-order valence-electron chi connectivity index (χ2n) is 17.4. The highest BCUT2D eigenvalue weighted by molar-refractivity contribution is 5.84. The third kappa shape index (κ3) is 18.4.